The molecule has 0 radical (unpaired) electrons. The number of anilines is 1. The molecule has 0 spiro atoms. The van der Waals surface area contributed by atoms with E-state index in [-0.39, 0.29) is 5.91 Å². The van der Waals surface area contributed by atoms with Crippen LogP contribution in [0.3, 0.4) is 0 Å². The molecule has 0 saturated carbocycles. The van der Waals surface area contributed by atoms with Crippen molar-refractivity contribution >= 4 is 11.7 Å². The van der Waals surface area contributed by atoms with Crippen LogP contribution in [0.4, 0.5) is 5.82 Å². The number of piperidine rings is 1. The lowest BCUT2D eigenvalue weighted by Gasteiger charge is -2.31. The largest absolute Gasteiger partial charge is 0.355 e. The highest BCUT2D eigenvalue weighted by atomic mass is 16.2. The van der Waals surface area contributed by atoms with Crippen molar-refractivity contribution in [2.45, 2.75) is 32.1 Å². The maximum absolute atomic E-state index is 12.6. The molecule has 3 heterocycles. The lowest BCUT2D eigenvalue weighted by molar-refractivity contribution is 0.0680. The van der Waals surface area contributed by atoms with Crippen LogP contribution in [-0.2, 0) is 0 Å². The first-order valence-electron chi connectivity index (χ1n) is 8.80. The van der Waals surface area contributed by atoms with Gasteiger partial charge in [-0.05, 0) is 63.7 Å². The van der Waals surface area contributed by atoms with Crippen LogP contribution in [0.5, 0.6) is 0 Å². The van der Waals surface area contributed by atoms with Gasteiger partial charge in [-0.25, -0.2) is 0 Å². The fraction of sp³-hybridized carbons (Fsp3) is 0.706. The number of amides is 1. The first kappa shape index (κ1) is 16.2. The SMILES string of the molecule is CNCCC1CCN(C(=O)c2ccc(N3CCCC3)nn2)CC1. The normalized spacial score (nSPS) is 19.3. The van der Waals surface area contributed by atoms with Gasteiger partial charge in [0, 0.05) is 26.2 Å². The Morgan fingerprint density at radius 3 is 2.52 bits per heavy atom. The number of likely N-dealkylation sites (tertiary alicyclic amines) is 1. The predicted octanol–water partition coefficient (Wildman–Crippen LogP) is 1.54. The highest BCUT2D eigenvalue weighted by Crippen LogP contribution is 2.22. The number of carbonyl (C=O) groups is 1. The second-order valence-corrected chi connectivity index (χ2v) is 6.60. The third-order valence-corrected chi connectivity index (χ3v) is 5.00. The lowest BCUT2D eigenvalue weighted by Crippen LogP contribution is -2.39. The van der Waals surface area contributed by atoms with Gasteiger partial charge in [-0.3, -0.25) is 4.79 Å². The summed E-state index contributed by atoms with van der Waals surface area (Å²) in [6, 6.07) is 3.77. The van der Waals surface area contributed by atoms with Gasteiger partial charge in [0.25, 0.3) is 5.91 Å². The number of carbonyl (C=O) groups excluding carboxylic acids is 1. The smallest absolute Gasteiger partial charge is 0.274 e. The molecular weight excluding hydrogens is 290 g/mol. The van der Waals surface area contributed by atoms with Crippen molar-refractivity contribution < 1.29 is 4.79 Å². The van der Waals surface area contributed by atoms with E-state index in [4.69, 9.17) is 0 Å². The van der Waals surface area contributed by atoms with Crippen LogP contribution in [0.1, 0.15) is 42.6 Å². The van der Waals surface area contributed by atoms with Crippen LogP contribution in [0, 0.1) is 5.92 Å². The zero-order chi connectivity index (χ0) is 16.1. The topological polar surface area (TPSA) is 61.4 Å². The number of hydrogen-bond acceptors (Lipinski definition) is 5. The molecule has 3 rings (SSSR count). The molecule has 1 N–H and O–H groups in total. The zero-order valence-corrected chi connectivity index (χ0v) is 14.0. The second-order valence-electron chi connectivity index (χ2n) is 6.60. The van der Waals surface area contributed by atoms with E-state index in [2.05, 4.69) is 20.4 Å². The minimum absolute atomic E-state index is 0.0255. The van der Waals surface area contributed by atoms with Crippen LogP contribution in [-0.4, -0.2) is 60.8 Å². The Kier molecular flexibility index (Phi) is 5.43. The van der Waals surface area contributed by atoms with Gasteiger partial charge in [-0.2, -0.15) is 0 Å². The molecular formula is C17H27N5O. The molecule has 0 aliphatic carbocycles. The number of hydrogen-bond donors (Lipinski definition) is 1. The predicted molar refractivity (Wildman–Crippen MR) is 90.7 cm³/mol. The highest BCUT2D eigenvalue weighted by molar-refractivity contribution is 5.92. The zero-order valence-electron chi connectivity index (χ0n) is 14.0. The molecule has 6 nitrogen and oxygen atoms in total. The van der Waals surface area contributed by atoms with Crippen molar-refractivity contribution in [3.63, 3.8) is 0 Å². The Morgan fingerprint density at radius 2 is 1.91 bits per heavy atom. The number of rotatable bonds is 5. The summed E-state index contributed by atoms with van der Waals surface area (Å²) in [5, 5.41) is 11.6. The van der Waals surface area contributed by atoms with Crippen molar-refractivity contribution in [3.8, 4) is 0 Å². The molecule has 126 valence electrons. The molecule has 2 fully saturated rings. The van der Waals surface area contributed by atoms with Crippen LogP contribution in [0.2, 0.25) is 0 Å². The van der Waals surface area contributed by atoms with E-state index in [0.29, 0.717) is 5.69 Å². The van der Waals surface area contributed by atoms with Crippen LogP contribution in [0.15, 0.2) is 12.1 Å². The van der Waals surface area contributed by atoms with Crippen molar-refractivity contribution in [2.75, 3.05) is 44.7 Å². The van der Waals surface area contributed by atoms with Gasteiger partial charge in [0.15, 0.2) is 11.5 Å². The summed E-state index contributed by atoms with van der Waals surface area (Å²) in [6.07, 6.45) is 5.80. The fourth-order valence-electron chi connectivity index (χ4n) is 3.49. The summed E-state index contributed by atoms with van der Waals surface area (Å²) in [5.41, 5.74) is 0.474. The van der Waals surface area contributed by atoms with E-state index < -0.39 is 0 Å². The van der Waals surface area contributed by atoms with E-state index in [0.717, 1.165) is 57.3 Å². The van der Waals surface area contributed by atoms with Gasteiger partial charge in [-0.15, -0.1) is 10.2 Å². The minimum atomic E-state index is 0.0255. The fourth-order valence-corrected chi connectivity index (χ4v) is 3.49. The van der Waals surface area contributed by atoms with E-state index >= 15 is 0 Å². The molecule has 1 amide bonds. The highest BCUT2D eigenvalue weighted by Gasteiger charge is 2.24. The van der Waals surface area contributed by atoms with Crippen LogP contribution < -0.4 is 10.2 Å². The second kappa shape index (κ2) is 7.73. The minimum Gasteiger partial charge on any atom is -0.355 e. The standard InChI is InChI=1S/C17H27N5O/c1-18-9-6-14-7-12-22(13-8-14)17(23)15-4-5-16(20-19-15)21-10-2-3-11-21/h4-5,14,18H,2-3,6-13H2,1H3. The lowest BCUT2D eigenvalue weighted by atomic mass is 9.93. The van der Waals surface area contributed by atoms with E-state index in [9.17, 15) is 4.79 Å². The summed E-state index contributed by atoms with van der Waals surface area (Å²) < 4.78 is 0. The summed E-state index contributed by atoms with van der Waals surface area (Å²) in [6.45, 7) is 4.82. The number of aromatic nitrogens is 2. The Balaban J connectivity index is 1.54. The summed E-state index contributed by atoms with van der Waals surface area (Å²) in [5.74, 6) is 1.65. The molecule has 2 aliphatic rings. The van der Waals surface area contributed by atoms with Gasteiger partial charge in [0.2, 0.25) is 0 Å². The maximum Gasteiger partial charge on any atom is 0.274 e. The molecule has 0 atom stereocenters. The summed E-state index contributed by atoms with van der Waals surface area (Å²) in [4.78, 5) is 16.7. The van der Waals surface area contributed by atoms with Gasteiger partial charge in [-0.1, -0.05) is 0 Å². The summed E-state index contributed by atoms with van der Waals surface area (Å²) in [7, 11) is 1.99. The van der Waals surface area contributed by atoms with E-state index in [1.807, 2.05) is 24.1 Å². The molecule has 0 aromatic carbocycles. The summed E-state index contributed by atoms with van der Waals surface area (Å²) >= 11 is 0. The van der Waals surface area contributed by atoms with Gasteiger partial charge in [0.1, 0.15) is 0 Å². The maximum atomic E-state index is 12.6. The van der Waals surface area contributed by atoms with Crippen molar-refractivity contribution in [3.05, 3.63) is 17.8 Å². The molecule has 6 heteroatoms. The van der Waals surface area contributed by atoms with Crippen LogP contribution in [0.25, 0.3) is 0 Å². The third kappa shape index (κ3) is 3.99. The van der Waals surface area contributed by atoms with Gasteiger partial charge in [0.05, 0.1) is 0 Å². The molecule has 23 heavy (non-hydrogen) atoms. The molecule has 0 bridgehead atoms. The average molecular weight is 317 g/mol. The average Bonchev–Trinajstić information content (AvgIpc) is 3.14. The van der Waals surface area contributed by atoms with E-state index in [1.165, 1.54) is 19.3 Å². The first-order chi connectivity index (χ1) is 11.3. The Morgan fingerprint density at radius 1 is 1.17 bits per heavy atom. The quantitative estimate of drug-likeness (QED) is 0.892. The van der Waals surface area contributed by atoms with Gasteiger partial charge < -0.3 is 15.1 Å². The monoisotopic (exact) mass is 317 g/mol. The Labute approximate surface area is 138 Å². The number of nitrogens with zero attached hydrogens (tertiary/aromatic N) is 4. The first-order valence-corrected chi connectivity index (χ1v) is 8.80. The number of nitrogens with one attached hydrogen (secondary N) is 1. The van der Waals surface area contributed by atoms with Gasteiger partial charge >= 0.3 is 0 Å². The Hall–Kier alpha value is -1.69. The molecule has 0 unspecified atom stereocenters. The van der Waals surface area contributed by atoms with Crippen molar-refractivity contribution in [1.29, 1.82) is 0 Å². The third-order valence-electron chi connectivity index (χ3n) is 5.00. The van der Waals surface area contributed by atoms with Crippen LogP contribution >= 0.6 is 0 Å². The van der Waals surface area contributed by atoms with Crippen molar-refractivity contribution in [1.82, 2.24) is 20.4 Å². The molecule has 1 aromatic rings. The molecule has 2 aliphatic heterocycles. The van der Waals surface area contributed by atoms with Crippen molar-refractivity contribution in [2.24, 2.45) is 5.92 Å². The Bertz CT molecular complexity index is 504. The van der Waals surface area contributed by atoms with E-state index in [1.54, 1.807) is 0 Å². The molecule has 1 aromatic heterocycles. The molecule has 2 saturated heterocycles.